The van der Waals surface area contributed by atoms with Crippen LogP contribution in [0, 0.1) is 0 Å². The zero-order valence-electron chi connectivity index (χ0n) is 12.9. The van der Waals surface area contributed by atoms with Gasteiger partial charge in [0.05, 0.1) is 13.2 Å². The molecular weight excluding hydrogens is 252 g/mol. The Balaban J connectivity index is 2.90. The van der Waals surface area contributed by atoms with E-state index in [0.717, 1.165) is 37.7 Å². The number of carbonyl (C=O) groups is 1. The van der Waals surface area contributed by atoms with Gasteiger partial charge in [-0.15, -0.1) is 0 Å². The molecule has 1 aromatic carbocycles. The third-order valence-electron chi connectivity index (χ3n) is 3.11. The van der Waals surface area contributed by atoms with Gasteiger partial charge in [0.25, 0.3) is 0 Å². The second-order valence-electron chi connectivity index (χ2n) is 4.82. The summed E-state index contributed by atoms with van der Waals surface area (Å²) in [7, 11) is 0. The Bertz CT molecular complexity index is 413. The number of hydrogen-bond donors (Lipinski definition) is 0. The summed E-state index contributed by atoms with van der Waals surface area (Å²) in [5, 5.41) is 0. The minimum atomic E-state index is -0.295. The van der Waals surface area contributed by atoms with Crippen LogP contribution < -0.4 is 4.74 Å². The third kappa shape index (κ3) is 4.87. The lowest BCUT2D eigenvalue weighted by Crippen LogP contribution is -2.10. The standard InChI is InChI=1S/C17H26O3/c1-4-7-8-13-20-16-14(10-5-2)11-9-12-15(16)17(18)19-6-3/h9,11-12H,4-8,10,13H2,1-3H3. The fraction of sp³-hybridized carbons (Fsp3) is 0.588. The molecule has 0 aliphatic carbocycles. The molecule has 3 heteroatoms. The molecule has 0 aliphatic heterocycles. The Kier molecular flexibility index (Phi) is 7.78. The summed E-state index contributed by atoms with van der Waals surface area (Å²) in [6.07, 6.45) is 5.25. The van der Waals surface area contributed by atoms with E-state index in [2.05, 4.69) is 13.8 Å². The molecule has 0 spiro atoms. The van der Waals surface area contributed by atoms with E-state index in [4.69, 9.17) is 9.47 Å². The van der Waals surface area contributed by atoms with Gasteiger partial charge in [0.15, 0.2) is 0 Å². The molecule has 3 nitrogen and oxygen atoms in total. The lowest BCUT2D eigenvalue weighted by molar-refractivity contribution is 0.0521. The lowest BCUT2D eigenvalue weighted by atomic mass is 10.0. The van der Waals surface area contributed by atoms with Crippen molar-refractivity contribution in [3.63, 3.8) is 0 Å². The van der Waals surface area contributed by atoms with Crippen LogP contribution in [0.15, 0.2) is 18.2 Å². The maximum atomic E-state index is 12.0. The Labute approximate surface area is 122 Å². The fourth-order valence-corrected chi connectivity index (χ4v) is 2.12. The van der Waals surface area contributed by atoms with Gasteiger partial charge in [0.1, 0.15) is 11.3 Å². The average Bonchev–Trinajstić information content (AvgIpc) is 2.45. The van der Waals surface area contributed by atoms with Crippen molar-refractivity contribution >= 4 is 5.97 Å². The molecule has 0 saturated heterocycles. The van der Waals surface area contributed by atoms with Crippen LogP contribution in [-0.4, -0.2) is 19.2 Å². The molecule has 0 radical (unpaired) electrons. The van der Waals surface area contributed by atoms with Gasteiger partial charge in [-0.3, -0.25) is 0 Å². The SMILES string of the molecule is CCCCCOc1c(CCC)cccc1C(=O)OCC. The normalized spacial score (nSPS) is 10.3. The van der Waals surface area contributed by atoms with Gasteiger partial charge >= 0.3 is 5.97 Å². The van der Waals surface area contributed by atoms with Crippen molar-refractivity contribution in [1.29, 1.82) is 0 Å². The number of aryl methyl sites for hydroxylation is 1. The molecule has 0 unspecified atom stereocenters. The number of rotatable bonds is 9. The number of unbranched alkanes of at least 4 members (excludes halogenated alkanes) is 2. The van der Waals surface area contributed by atoms with E-state index in [1.54, 1.807) is 6.07 Å². The zero-order chi connectivity index (χ0) is 14.8. The summed E-state index contributed by atoms with van der Waals surface area (Å²) in [4.78, 5) is 12.0. The average molecular weight is 278 g/mol. The van der Waals surface area contributed by atoms with Crippen molar-refractivity contribution in [3.8, 4) is 5.75 Å². The predicted molar refractivity (Wildman–Crippen MR) is 81.4 cm³/mol. The van der Waals surface area contributed by atoms with E-state index >= 15 is 0 Å². The van der Waals surface area contributed by atoms with Crippen LogP contribution in [-0.2, 0) is 11.2 Å². The monoisotopic (exact) mass is 278 g/mol. The van der Waals surface area contributed by atoms with Crippen LogP contribution in [0.1, 0.15) is 62.4 Å². The summed E-state index contributed by atoms with van der Waals surface area (Å²) in [6.45, 7) is 7.13. The van der Waals surface area contributed by atoms with Crippen LogP contribution >= 0.6 is 0 Å². The van der Waals surface area contributed by atoms with Crippen molar-refractivity contribution in [2.24, 2.45) is 0 Å². The van der Waals surface area contributed by atoms with Gasteiger partial charge in [-0.05, 0) is 31.4 Å². The highest BCUT2D eigenvalue weighted by Crippen LogP contribution is 2.26. The summed E-state index contributed by atoms with van der Waals surface area (Å²) in [5.74, 6) is 0.417. The molecule has 0 amide bonds. The van der Waals surface area contributed by atoms with E-state index in [9.17, 15) is 4.79 Å². The Morgan fingerprint density at radius 1 is 1.10 bits per heavy atom. The number of esters is 1. The molecule has 0 aromatic heterocycles. The first-order chi connectivity index (χ1) is 9.74. The second-order valence-corrected chi connectivity index (χ2v) is 4.82. The van der Waals surface area contributed by atoms with Crippen molar-refractivity contribution in [2.45, 2.75) is 52.9 Å². The van der Waals surface area contributed by atoms with Crippen molar-refractivity contribution < 1.29 is 14.3 Å². The molecule has 0 bridgehead atoms. The molecule has 0 fully saturated rings. The summed E-state index contributed by atoms with van der Waals surface area (Å²) < 4.78 is 11.0. The van der Waals surface area contributed by atoms with Gasteiger partial charge in [0.2, 0.25) is 0 Å². The highest BCUT2D eigenvalue weighted by atomic mass is 16.5. The lowest BCUT2D eigenvalue weighted by Gasteiger charge is -2.15. The van der Waals surface area contributed by atoms with E-state index in [1.807, 2.05) is 19.1 Å². The zero-order valence-corrected chi connectivity index (χ0v) is 12.9. The summed E-state index contributed by atoms with van der Waals surface area (Å²) in [5.41, 5.74) is 1.64. The first kappa shape index (κ1) is 16.5. The smallest absolute Gasteiger partial charge is 0.341 e. The maximum Gasteiger partial charge on any atom is 0.341 e. The van der Waals surface area contributed by atoms with Crippen LogP contribution in [0.4, 0.5) is 0 Å². The van der Waals surface area contributed by atoms with E-state index in [-0.39, 0.29) is 5.97 Å². The molecule has 0 heterocycles. The molecule has 1 aromatic rings. The van der Waals surface area contributed by atoms with Gasteiger partial charge in [0, 0.05) is 0 Å². The maximum absolute atomic E-state index is 12.0. The van der Waals surface area contributed by atoms with Gasteiger partial charge < -0.3 is 9.47 Å². The fourth-order valence-electron chi connectivity index (χ4n) is 2.12. The first-order valence-electron chi connectivity index (χ1n) is 7.66. The van der Waals surface area contributed by atoms with Crippen molar-refractivity contribution in [2.75, 3.05) is 13.2 Å². The van der Waals surface area contributed by atoms with E-state index < -0.39 is 0 Å². The minimum absolute atomic E-state index is 0.295. The number of benzene rings is 1. The molecule has 1 rings (SSSR count). The molecule has 112 valence electrons. The van der Waals surface area contributed by atoms with Gasteiger partial charge in [-0.25, -0.2) is 4.79 Å². The highest BCUT2D eigenvalue weighted by Gasteiger charge is 2.16. The predicted octanol–water partition coefficient (Wildman–Crippen LogP) is 4.38. The molecule has 0 N–H and O–H groups in total. The molecule has 0 saturated carbocycles. The number of carbonyl (C=O) groups excluding carboxylic acids is 1. The van der Waals surface area contributed by atoms with Crippen LogP contribution in [0.25, 0.3) is 0 Å². The molecule has 0 aliphatic rings. The van der Waals surface area contributed by atoms with Crippen molar-refractivity contribution in [3.05, 3.63) is 29.3 Å². The van der Waals surface area contributed by atoms with E-state index in [1.165, 1.54) is 0 Å². The summed E-state index contributed by atoms with van der Waals surface area (Å²) in [6, 6.07) is 5.71. The van der Waals surface area contributed by atoms with E-state index in [0.29, 0.717) is 24.5 Å². The highest BCUT2D eigenvalue weighted by molar-refractivity contribution is 5.93. The van der Waals surface area contributed by atoms with Gasteiger partial charge in [-0.2, -0.15) is 0 Å². The van der Waals surface area contributed by atoms with Crippen LogP contribution in [0.3, 0.4) is 0 Å². The second kappa shape index (κ2) is 9.40. The number of hydrogen-bond acceptors (Lipinski definition) is 3. The number of para-hydroxylation sites is 1. The van der Waals surface area contributed by atoms with Crippen LogP contribution in [0.5, 0.6) is 5.75 Å². The molecule has 0 atom stereocenters. The number of ether oxygens (including phenoxy) is 2. The Morgan fingerprint density at radius 2 is 1.90 bits per heavy atom. The summed E-state index contributed by atoms with van der Waals surface area (Å²) >= 11 is 0. The first-order valence-corrected chi connectivity index (χ1v) is 7.66. The van der Waals surface area contributed by atoms with Crippen LogP contribution in [0.2, 0.25) is 0 Å². The molecular formula is C17H26O3. The van der Waals surface area contributed by atoms with Gasteiger partial charge in [-0.1, -0.05) is 45.2 Å². The Morgan fingerprint density at radius 3 is 2.55 bits per heavy atom. The Hall–Kier alpha value is -1.51. The van der Waals surface area contributed by atoms with Crippen molar-refractivity contribution in [1.82, 2.24) is 0 Å². The largest absolute Gasteiger partial charge is 0.492 e. The minimum Gasteiger partial charge on any atom is -0.492 e. The quantitative estimate of drug-likeness (QED) is 0.496. The topological polar surface area (TPSA) is 35.5 Å². The molecule has 20 heavy (non-hydrogen) atoms. The third-order valence-corrected chi connectivity index (χ3v) is 3.11.